The summed E-state index contributed by atoms with van der Waals surface area (Å²) in [4.78, 5) is 8.96. The Balaban J connectivity index is 2.47. The molecule has 0 amide bonds. The third-order valence-electron chi connectivity index (χ3n) is 4.23. The van der Waals surface area contributed by atoms with Crippen LogP contribution in [0.15, 0.2) is 42.9 Å². The second kappa shape index (κ2) is 4.63. The van der Waals surface area contributed by atoms with Crippen LogP contribution in [0.2, 0.25) is 0 Å². The molecule has 4 nitrogen and oxygen atoms in total. The van der Waals surface area contributed by atoms with Gasteiger partial charge in [0.05, 0.1) is 34.5 Å². The molecular weight excluding hydrogens is 274 g/mol. The van der Waals surface area contributed by atoms with E-state index in [1.54, 1.807) is 13.4 Å². The van der Waals surface area contributed by atoms with Gasteiger partial charge in [-0.1, -0.05) is 12.1 Å². The number of benzene rings is 2. The fourth-order valence-corrected chi connectivity index (χ4v) is 3.26. The molecule has 0 aliphatic rings. The molecule has 0 aliphatic carbocycles. The maximum atomic E-state index is 5.59. The molecule has 4 aromatic rings. The van der Waals surface area contributed by atoms with Crippen molar-refractivity contribution in [3.8, 4) is 5.75 Å². The first-order valence-corrected chi connectivity index (χ1v) is 7.20. The Morgan fingerprint density at radius 1 is 1.00 bits per heavy atom. The van der Waals surface area contributed by atoms with E-state index < -0.39 is 0 Å². The molecule has 0 saturated carbocycles. The van der Waals surface area contributed by atoms with Crippen molar-refractivity contribution in [2.24, 2.45) is 7.05 Å². The lowest BCUT2D eigenvalue weighted by atomic mass is 9.98. The Morgan fingerprint density at radius 2 is 1.82 bits per heavy atom. The number of aryl methyl sites for hydroxylation is 2. The Bertz CT molecular complexity index is 1040. The summed E-state index contributed by atoms with van der Waals surface area (Å²) in [5.74, 6) is 0.842. The number of pyridine rings is 1. The number of rotatable bonds is 1. The molecule has 0 spiro atoms. The van der Waals surface area contributed by atoms with Crippen molar-refractivity contribution >= 4 is 32.6 Å². The molecule has 0 bridgehead atoms. The third-order valence-corrected chi connectivity index (χ3v) is 4.23. The molecule has 0 fully saturated rings. The van der Waals surface area contributed by atoms with Crippen LogP contribution in [-0.4, -0.2) is 17.1 Å². The number of methoxy groups -OCH3 is 1. The van der Waals surface area contributed by atoms with Crippen molar-refractivity contribution < 1.29 is 9.30 Å². The molecule has 2 aromatic heterocycles. The van der Waals surface area contributed by atoms with E-state index >= 15 is 0 Å². The van der Waals surface area contributed by atoms with E-state index in [1.165, 1.54) is 5.39 Å². The maximum absolute atomic E-state index is 5.59. The van der Waals surface area contributed by atoms with Gasteiger partial charge in [0.2, 0.25) is 5.52 Å². The minimum Gasteiger partial charge on any atom is -0.496 e. The molecule has 108 valence electrons. The van der Waals surface area contributed by atoms with Crippen molar-refractivity contribution in [3.05, 3.63) is 48.5 Å². The topological polar surface area (TPSA) is 38.9 Å². The van der Waals surface area contributed by atoms with Gasteiger partial charge in [-0.2, -0.15) is 0 Å². The van der Waals surface area contributed by atoms with Gasteiger partial charge in [0.25, 0.3) is 0 Å². The highest BCUT2D eigenvalue weighted by Gasteiger charge is 2.20. The summed E-state index contributed by atoms with van der Waals surface area (Å²) < 4.78 is 7.72. The van der Waals surface area contributed by atoms with Crippen LogP contribution in [-0.2, 0) is 7.05 Å². The molecule has 4 rings (SSSR count). The fraction of sp³-hybridized carbons (Fsp3) is 0.167. The average Bonchev–Trinajstić information content (AvgIpc) is 2.54. The van der Waals surface area contributed by atoms with Gasteiger partial charge in [-0.05, 0) is 19.1 Å². The highest BCUT2D eigenvalue weighted by Crippen LogP contribution is 2.37. The van der Waals surface area contributed by atoms with Gasteiger partial charge in [-0.25, -0.2) is 14.5 Å². The summed E-state index contributed by atoms with van der Waals surface area (Å²) in [5.41, 5.74) is 3.07. The normalized spacial score (nSPS) is 11.4. The summed E-state index contributed by atoms with van der Waals surface area (Å²) in [6, 6.07) is 10.3. The standard InChI is InChI=1S/C18H16N3O/c1-11-15-17(20-10-19-11)16-12(6-4-8-14(16)22-3)13-7-5-9-21(2)18(13)15/h4-10H,1-3H3/q+1. The Labute approximate surface area is 128 Å². The number of fused-ring (bicyclic) bond motifs is 6. The molecule has 0 radical (unpaired) electrons. The first-order valence-electron chi connectivity index (χ1n) is 7.20. The summed E-state index contributed by atoms with van der Waals surface area (Å²) in [6.07, 6.45) is 3.68. The van der Waals surface area contributed by atoms with Crippen molar-refractivity contribution in [3.63, 3.8) is 0 Å². The van der Waals surface area contributed by atoms with Crippen molar-refractivity contribution in [2.75, 3.05) is 7.11 Å². The second-order valence-corrected chi connectivity index (χ2v) is 5.45. The minimum absolute atomic E-state index is 0.842. The Kier molecular flexibility index (Phi) is 2.73. The lowest BCUT2D eigenvalue weighted by Crippen LogP contribution is -2.28. The van der Waals surface area contributed by atoms with Gasteiger partial charge < -0.3 is 4.74 Å². The SMILES string of the molecule is COc1cccc2c3ccc[n+](C)c3c3c(C)ncnc3c12. The van der Waals surface area contributed by atoms with E-state index in [4.69, 9.17) is 4.74 Å². The van der Waals surface area contributed by atoms with Crippen LogP contribution in [0, 0.1) is 6.92 Å². The molecule has 0 saturated heterocycles. The number of hydrogen-bond acceptors (Lipinski definition) is 3. The highest BCUT2D eigenvalue weighted by atomic mass is 16.5. The van der Waals surface area contributed by atoms with Crippen LogP contribution in [0.25, 0.3) is 32.6 Å². The molecule has 2 aromatic carbocycles. The molecule has 4 heteroatoms. The molecule has 2 heterocycles. The lowest BCUT2D eigenvalue weighted by Gasteiger charge is -2.11. The smallest absolute Gasteiger partial charge is 0.224 e. The number of aromatic nitrogens is 3. The van der Waals surface area contributed by atoms with E-state index in [2.05, 4.69) is 46.0 Å². The molecule has 0 aliphatic heterocycles. The Hall–Kier alpha value is -2.75. The lowest BCUT2D eigenvalue weighted by molar-refractivity contribution is -0.644. The van der Waals surface area contributed by atoms with Crippen LogP contribution in [0.4, 0.5) is 0 Å². The average molecular weight is 290 g/mol. The first kappa shape index (κ1) is 13.0. The predicted octanol–water partition coefficient (Wildman–Crippen LogP) is 3.08. The number of ether oxygens (including phenoxy) is 1. The highest BCUT2D eigenvalue weighted by molar-refractivity contribution is 6.24. The van der Waals surface area contributed by atoms with E-state index in [9.17, 15) is 0 Å². The van der Waals surface area contributed by atoms with Crippen LogP contribution in [0.3, 0.4) is 0 Å². The fourth-order valence-electron chi connectivity index (χ4n) is 3.26. The molecule has 0 atom stereocenters. The first-order chi connectivity index (χ1) is 10.7. The Morgan fingerprint density at radius 3 is 2.64 bits per heavy atom. The van der Waals surface area contributed by atoms with Gasteiger partial charge in [-0.15, -0.1) is 0 Å². The van der Waals surface area contributed by atoms with E-state index in [-0.39, 0.29) is 0 Å². The van der Waals surface area contributed by atoms with Gasteiger partial charge >= 0.3 is 0 Å². The van der Waals surface area contributed by atoms with Crippen molar-refractivity contribution in [1.29, 1.82) is 0 Å². The van der Waals surface area contributed by atoms with Gasteiger partial charge in [0.15, 0.2) is 6.20 Å². The van der Waals surface area contributed by atoms with Gasteiger partial charge in [0.1, 0.15) is 19.1 Å². The van der Waals surface area contributed by atoms with Crippen LogP contribution in [0.1, 0.15) is 5.69 Å². The monoisotopic (exact) mass is 290 g/mol. The quantitative estimate of drug-likeness (QED) is 0.399. The zero-order valence-corrected chi connectivity index (χ0v) is 12.8. The van der Waals surface area contributed by atoms with Crippen molar-refractivity contribution in [2.45, 2.75) is 6.92 Å². The van der Waals surface area contributed by atoms with E-state index in [0.29, 0.717) is 0 Å². The van der Waals surface area contributed by atoms with E-state index in [1.807, 2.05) is 19.1 Å². The molecule has 22 heavy (non-hydrogen) atoms. The van der Waals surface area contributed by atoms with Crippen LogP contribution in [0.5, 0.6) is 5.75 Å². The van der Waals surface area contributed by atoms with E-state index in [0.717, 1.165) is 38.6 Å². The van der Waals surface area contributed by atoms with Gasteiger partial charge in [0, 0.05) is 11.5 Å². The second-order valence-electron chi connectivity index (χ2n) is 5.45. The largest absolute Gasteiger partial charge is 0.496 e. The van der Waals surface area contributed by atoms with Crippen molar-refractivity contribution in [1.82, 2.24) is 9.97 Å². The number of nitrogens with zero attached hydrogens (tertiary/aromatic N) is 3. The third kappa shape index (κ3) is 1.61. The van der Waals surface area contributed by atoms with Crippen LogP contribution < -0.4 is 9.30 Å². The summed E-state index contributed by atoms with van der Waals surface area (Å²) >= 11 is 0. The zero-order valence-electron chi connectivity index (χ0n) is 12.8. The maximum Gasteiger partial charge on any atom is 0.224 e. The van der Waals surface area contributed by atoms with Crippen LogP contribution >= 0.6 is 0 Å². The van der Waals surface area contributed by atoms with Gasteiger partial charge in [-0.3, -0.25) is 0 Å². The predicted molar refractivity (Wildman–Crippen MR) is 87.0 cm³/mol. The summed E-state index contributed by atoms with van der Waals surface area (Å²) in [7, 11) is 3.75. The molecule has 0 unspecified atom stereocenters. The minimum atomic E-state index is 0.842. The number of hydrogen-bond donors (Lipinski definition) is 0. The molecule has 0 N–H and O–H groups in total. The molecular formula is C18H16N3O+. The zero-order chi connectivity index (χ0) is 15.3. The summed E-state index contributed by atoms with van der Waals surface area (Å²) in [6.45, 7) is 2.03. The summed E-state index contributed by atoms with van der Waals surface area (Å²) in [5, 5.41) is 4.46.